The number of hydrogen-bond donors (Lipinski definition) is 1. The van der Waals surface area contributed by atoms with E-state index in [2.05, 4.69) is 60.8 Å². The fourth-order valence-electron chi connectivity index (χ4n) is 5.64. The summed E-state index contributed by atoms with van der Waals surface area (Å²) in [5.41, 5.74) is 2.55. The Balaban J connectivity index is 1.11. The third kappa shape index (κ3) is 5.26. The van der Waals surface area contributed by atoms with Crippen molar-refractivity contribution in [1.29, 1.82) is 0 Å². The van der Waals surface area contributed by atoms with Gasteiger partial charge in [0.15, 0.2) is 0 Å². The summed E-state index contributed by atoms with van der Waals surface area (Å²) < 4.78 is 12.7. The zero-order chi connectivity index (χ0) is 21.0. The summed E-state index contributed by atoms with van der Waals surface area (Å²) in [5.74, 6) is 2.95. The number of ether oxygens (including phenoxy) is 2. The number of fused-ring (bicyclic) bond motifs is 1. The molecule has 1 N–H and O–H groups in total. The Labute approximate surface area is 187 Å². The molecule has 2 aliphatic carbocycles. The van der Waals surface area contributed by atoms with Gasteiger partial charge in [-0.1, -0.05) is 37.3 Å². The first-order valence-corrected chi connectivity index (χ1v) is 12.5. The molecule has 1 heterocycles. The monoisotopic (exact) mass is 419 g/mol. The van der Waals surface area contributed by atoms with Crippen molar-refractivity contribution in [3.8, 4) is 11.5 Å². The van der Waals surface area contributed by atoms with Gasteiger partial charge in [0.1, 0.15) is 17.6 Å². The van der Waals surface area contributed by atoms with Gasteiger partial charge in [-0.25, -0.2) is 0 Å². The SMILES string of the molecule is CC1CCC(NC2CCC(Oc3ccc4c(c3)CCC(c3ccccc3)O4)CC2)CC1. The number of aryl methyl sites for hydroxylation is 1. The van der Waals surface area contributed by atoms with E-state index in [1.165, 1.54) is 49.7 Å². The fourth-order valence-corrected chi connectivity index (χ4v) is 5.64. The predicted octanol–water partition coefficient (Wildman–Crippen LogP) is 6.61. The first kappa shape index (κ1) is 20.9. The highest BCUT2D eigenvalue weighted by molar-refractivity contribution is 5.42. The molecule has 1 aliphatic heterocycles. The summed E-state index contributed by atoms with van der Waals surface area (Å²) >= 11 is 0. The normalized spacial score (nSPS) is 30.8. The van der Waals surface area contributed by atoms with E-state index in [1.54, 1.807) is 0 Å². The lowest BCUT2D eigenvalue weighted by Crippen LogP contribution is -2.43. The van der Waals surface area contributed by atoms with E-state index in [4.69, 9.17) is 9.47 Å². The molecule has 2 fully saturated rings. The quantitative estimate of drug-likeness (QED) is 0.591. The first-order chi connectivity index (χ1) is 15.2. The minimum atomic E-state index is 0.163. The van der Waals surface area contributed by atoms with Gasteiger partial charge in [-0.2, -0.15) is 0 Å². The van der Waals surface area contributed by atoms with E-state index >= 15 is 0 Å². The van der Waals surface area contributed by atoms with E-state index in [0.29, 0.717) is 12.1 Å². The summed E-state index contributed by atoms with van der Waals surface area (Å²) in [7, 11) is 0. The van der Waals surface area contributed by atoms with Gasteiger partial charge >= 0.3 is 0 Å². The van der Waals surface area contributed by atoms with E-state index in [-0.39, 0.29) is 6.10 Å². The number of hydrogen-bond acceptors (Lipinski definition) is 3. The van der Waals surface area contributed by atoms with Gasteiger partial charge < -0.3 is 14.8 Å². The summed E-state index contributed by atoms with van der Waals surface area (Å²) in [6.45, 7) is 2.40. The summed E-state index contributed by atoms with van der Waals surface area (Å²) in [4.78, 5) is 0. The Morgan fingerprint density at radius 1 is 0.806 bits per heavy atom. The molecule has 31 heavy (non-hydrogen) atoms. The number of nitrogens with one attached hydrogen (secondary N) is 1. The molecule has 0 amide bonds. The molecule has 0 spiro atoms. The molecule has 1 atom stereocenters. The fraction of sp³-hybridized carbons (Fsp3) is 0.571. The van der Waals surface area contributed by atoms with E-state index < -0.39 is 0 Å². The van der Waals surface area contributed by atoms with Gasteiger partial charge in [0.25, 0.3) is 0 Å². The lowest BCUT2D eigenvalue weighted by Gasteiger charge is -2.35. The van der Waals surface area contributed by atoms with Crippen LogP contribution in [0.2, 0.25) is 0 Å². The molecule has 2 saturated carbocycles. The van der Waals surface area contributed by atoms with Gasteiger partial charge in [-0.3, -0.25) is 0 Å². The van der Waals surface area contributed by atoms with Crippen molar-refractivity contribution < 1.29 is 9.47 Å². The minimum absolute atomic E-state index is 0.163. The summed E-state index contributed by atoms with van der Waals surface area (Å²) in [6, 6.07) is 18.4. The summed E-state index contributed by atoms with van der Waals surface area (Å²) in [5, 5.41) is 3.95. The van der Waals surface area contributed by atoms with Crippen LogP contribution in [0.3, 0.4) is 0 Å². The van der Waals surface area contributed by atoms with Crippen LogP contribution in [0.5, 0.6) is 11.5 Å². The van der Waals surface area contributed by atoms with Crippen LogP contribution in [0.4, 0.5) is 0 Å². The van der Waals surface area contributed by atoms with Crippen LogP contribution >= 0.6 is 0 Å². The van der Waals surface area contributed by atoms with Crippen molar-refractivity contribution >= 4 is 0 Å². The molecule has 1 unspecified atom stereocenters. The Hall–Kier alpha value is -2.00. The Morgan fingerprint density at radius 3 is 2.26 bits per heavy atom. The second-order valence-electron chi connectivity index (χ2n) is 10.0. The summed E-state index contributed by atoms with van der Waals surface area (Å²) in [6.07, 6.45) is 12.9. The van der Waals surface area contributed by atoms with Crippen molar-refractivity contribution in [2.75, 3.05) is 0 Å². The van der Waals surface area contributed by atoms with Gasteiger partial charge in [0, 0.05) is 12.1 Å². The predicted molar refractivity (Wildman–Crippen MR) is 126 cm³/mol. The van der Waals surface area contributed by atoms with Crippen LogP contribution in [-0.4, -0.2) is 18.2 Å². The van der Waals surface area contributed by atoms with Crippen molar-refractivity contribution in [3.05, 3.63) is 59.7 Å². The Kier molecular flexibility index (Phi) is 6.50. The van der Waals surface area contributed by atoms with Crippen molar-refractivity contribution in [2.24, 2.45) is 5.92 Å². The van der Waals surface area contributed by atoms with Gasteiger partial charge in [0.05, 0.1) is 6.10 Å². The third-order valence-corrected chi connectivity index (χ3v) is 7.61. The molecule has 2 aromatic carbocycles. The van der Waals surface area contributed by atoms with Crippen molar-refractivity contribution in [2.45, 2.75) is 95.4 Å². The first-order valence-electron chi connectivity index (χ1n) is 12.5. The molecular formula is C28H37NO2. The van der Waals surface area contributed by atoms with Crippen LogP contribution < -0.4 is 14.8 Å². The van der Waals surface area contributed by atoms with Crippen LogP contribution in [0.1, 0.15) is 81.9 Å². The molecule has 2 aromatic rings. The molecule has 3 aliphatic rings. The average Bonchev–Trinajstić information content (AvgIpc) is 2.82. The zero-order valence-corrected chi connectivity index (χ0v) is 18.9. The average molecular weight is 420 g/mol. The maximum atomic E-state index is 6.40. The van der Waals surface area contributed by atoms with E-state index in [0.717, 1.165) is 49.1 Å². The molecule has 5 rings (SSSR count). The zero-order valence-electron chi connectivity index (χ0n) is 18.9. The van der Waals surface area contributed by atoms with Crippen molar-refractivity contribution in [3.63, 3.8) is 0 Å². The van der Waals surface area contributed by atoms with Crippen LogP contribution in [0.25, 0.3) is 0 Å². The molecule has 3 nitrogen and oxygen atoms in total. The maximum Gasteiger partial charge on any atom is 0.124 e. The van der Waals surface area contributed by atoms with E-state index in [9.17, 15) is 0 Å². The lowest BCUT2D eigenvalue weighted by molar-refractivity contribution is 0.131. The second kappa shape index (κ2) is 9.65. The van der Waals surface area contributed by atoms with Crippen LogP contribution in [-0.2, 0) is 6.42 Å². The second-order valence-corrected chi connectivity index (χ2v) is 10.0. The Morgan fingerprint density at radius 2 is 1.52 bits per heavy atom. The number of benzene rings is 2. The smallest absolute Gasteiger partial charge is 0.124 e. The van der Waals surface area contributed by atoms with Gasteiger partial charge in [-0.05, 0) is 99.5 Å². The highest BCUT2D eigenvalue weighted by atomic mass is 16.5. The molecule has 0 bridgehead atoms. The van der Waals surface area contributed by atoms with Crippen molar-refractivity contribution in [1.82, 2.24) is 5.32 Å². The highest BCUT2D eigenvalue weighted by Gasteiger charge is 2.27. The van der Waals surface area contributed by atoms with Gasteiger partial charge in [0.2, 0.25) is 0 Å². The molecular weight excluding hydrogens is 382 g/mol. The number of rotatable bonds is 5. The Bertz CT molecular complexity index is 835. The molecule has 0 saturated heterocycles. The molecule has 166 valence electrons. The van der Waals surface area contributed by atoms with E-state index in [1.807, 2.05) is 0 Å². The molecule has 3 heteroatoms. The standard InChI is InChI=1S/C28H37NO2/c1-20-7-10-23(11-8-20)29-24-12-14-25(15-13-24)30-26-16-18-28-22(19-26)9-17-27(31-28)21-5-3-2-4-6-21/h2-6,16,18-20,23-25,27,29H,7-15,17H2,1H3. The van der Waals surface area contributed by atoms with Crippen LogP contribution in [0.15, 0.2) is 48.5 Å². The lowest BCUT2D eigenvalue weighted by atomic mass is 9.85. The third-order valence-electron chi connectivity index (χ3n) is 7.61. The molecule has 0 aromatic heterocycles. The minimum Gasteiger partial charge on any atom is -0.490 e. The van der Waals surface area contributed by atoms with Gasteiger partial charge in [-0.15, -0.1) is 0 Å². The highest BCUT2D eigenvalue weighted by Crippen LogP contribution is 2.37. The molecule has 0 radical (unpaired) electrons. The van der Waals surface area contributed by atoms with Crippen LogP contribution in [0, 0.1) is 5.92 Å². The maximum absolute atomic E-state index is 6.40. The largest absolute Gasteiger partial charge is 0.490 e. The topological polar surface area (TPSA) is 30.5 Å².